The van der Waals surface area contributed by atoms with Gasteiger partial charge in [0.2, 0.25) is 0 Å². The average Bonchev–Trinajstić information content (AvgIpc) is 2.68. The molecule has 0 atom stereocenters. The Bertz CT molecular complexity index is 310. The molecule has 2 N–H and O–H groups in total. The Balaban J connectivity index is 0. The average molecular weight is 415 g/mol. The molecule has 0 aliphatic carbocycles. The third-order valence-electron chi connectivity index (χ3n) is 5.24. The van der Waals surface area contributed by atoms with Gasteiger partial charge in [0.05, 0.1) is 0 Å². The zero-order valence-corrected chi connectivity index (χ0v) is 19.6. The molecule has 0 fully saturated rings. The molecule has 29 heavy (non-hydrogen) atoms. The predicted octanol–water partition coefficient (Wildman–Crippen LogP) is 8.37. The van der Waals surface area contributed by atoms with Crippen LogP contribution in [0.15, 0.2) is 0 Å². The van der Waals surface area contributed by atoms with E-state index in [2.05, 4.69) is 13.8 Å². The number of carbonyl (C=O) groups is 2. The van der Waals surface area contributed by atoms with Crippen LogP contribution in [-0.2, 0) is 9.59 Å². The summed E-state index contributed by atoms with van der Waals surface area (Å²) < 4.78 is 0. The van der Waals surface area contributed by atoms with Gasteiger partial charge in [0.25, 0.3) is 0 Å². The molecule has 4 heteroatoms. The summed E-state index contributed by atoms with van der Waals surface area (Å²) in [4.78, 5) is 20.5. The maximum atomic E-state index is 10.2. The summed E-state index contributed by atoms with van der Waals surface area (Å²) in [6.07, 6.45) is 24.3. The predicted molar refractivity (Wildman–Crippen MR) is 124 cm³/mol. The first-order valence-electron chi connectivity index (χ1n) is 12.5. The fourth-order valence-electron chi connectivity index (χ4n) is 3.35. The van der Waals surface area contributed by atoms with Gasteiger partial charge in [-0.25, -0.2) is 0 Å². The standard InChI is InChI=1S/C13H24O4.C12H26/c14-12(15)10-8-6-4-2-1-3-5-7-9-11-13(16)17;1-3-5-7-9-11-12-10-8-6-4-2/h1-11H2,(H,14,15)(H,16,17);3-12H2,1-2H3. The van der Waals surface area contributed by atoms with Gasteiger partial charge in [-0.1, -0.05) is 123 Å². The fourth-order valence-corrected chi connectivity index (χ4v) is 3.35. The highest BCUT2D eigenvalue weighted by Crippen LogP contribution is 2.11. The molecule has 0 rings (SSSR count). The lowest BCUT2D eigenvalue weighted by Gasteiger charge is -2.01. The molecule has 0 saturated heterocycles. The van der Waals surface area contributed by atoms with Crippen LogP contribution in [0.2, 0.25) is 0 Å². The van der Waals surface area contributed by atoms with E-state index in [-0.39, 0.29) is 12.8 Å². The van der Waals surface area contributed by atoms with Crippen molar-refractivity contribution in [2.24, 2.45) is 0 Å². The molecule has 0 bridgehead atoms. The summed E-state index contributed by atoms with van der Waals surface area (Å²) in [5, 5.41) is 16.9. The van der Waals surface area contributed by atoms with Gasteiger partial charge in [0.1, 0.15) is 0 Å². The lowest BCUT2D eigenvalue weighted by molar-refractivity contribution is -0.138. The van der Waals surface area contributed by atoms with E-state index < -0.39 is 11.9 Å². The van der Waals surface area contributed by atoms with Crippen molar-refractivity contribution in [1.82, 2.24) is 0 Å². The zero-order valence-electron chi connectivity index (χ0n) is 19.6. The van der Waals surface area contributed by atoms with Crippen molar-refractivity contribution in [3.05, 3.63) is 0 Å². The largest absolute Gasteiger partial charge is 0.481 e. The van der Waals surface area contributed by atoms with Gasteiger partial charge >= 0.3 is 11.9 Å². The molecule has 0 aliphatic rings. The Morgan fingerprint density at radius 2 is 0.621 bits per heavy atom. The quantitative estimate of drug-likeness (QED) is 0.185. The highest BCUT2D eigenvalue weighted by atomic mass is 16.4. The van der Waals surface area contributed by atoms with Crippen molar-refractivity contribution in [2.45, 2.75) is 149 Å². The second kappa shape index (κ2) is 26.9. The Kier molecular flexibility index (Phi) is 28.0. The van der Waals surface area contributed by atoms with Gasteiger partial charge in [-0.05, 0) is 12.8 Å². The van der Waals surface area contributed by atoms with Crippen LogP contribution in [0.5, 0.6) is 0 Å². The van der Waals surface area contributed by atoms with Crippen LogP contribution in [0, 0.1) is 0 Å². The van der Waals surface area contributed by atoms with E-state index in [0.717, 1.165) is 38.5 Å². The summed E-state index contributed by atoms with van der Waals surface area (Å²) in [5.74, 6) is -1.41. The van der Waals surface area contributed by atoms with E-state index in [9.17, 15) is 9.59 Å². The third-order valence-corrected chi connectivity index (χ3v) is 5.24. The molecule has 0 heterocycles. The Morgan fingerprint density at radius 3 is 0.828 bits per heavy atom. The van der Waals surface area contributed by atoms with Crippen LogP contribution in [0.25, 0.3) is 0 Å². The maximum Gasteiger partial charge on any atom is 0.303 e. The molecule has 0 aromatic heterocycles. The molecule has 0 spiro atoms. The van der Waals surface area contributed by atoms with Crippen molar-refractivity contribution >= 4 is 11.9 Å². The van der Waals surface area contributed by atoms with Crippen LogP contribution >= 0.6 is 0 Å². The minimum atomic E-state index is -0.705. The van der Waals surface area contributed by atoms with Crippen LogP contribution in [0.1, 0.15) is 149 Å². The molecule has 4 nitrogen and oxygen atoms in total. The summed E-state index contributed by atoms with van der Waals surface area (Å²) in [6, 6.07) is 0. The number of aliphatic carboxylic acids is 2. The normalized spacial score (nSPS) is 10.4. The SMILES string of the molecule is CCCCCCCCCCCC.O=C(O)CCCCCCCCCCCC(=O)O. The van der Waals surface area contributed by atoms with Crippen LogP contribution < -0.4 is 0 Å². The van der Waals surface area contributed by atoms with Crippen LogP contribution in [0.4, 0.5) is 0 Å². The summed E-state index contributed by atoms with van der Waals surface area (Å²) in [6.45, 7) is 4.56. The lowest BCUT2D eigenvalue weighted by atomic mass is 10.1. The number of carboxylic acids is 2. The van der Waals surface area contributed by atoms with Gasteiger partial charge < -0.3 is 10.2 Å². The summed E-state index contributed by atoms with van der Waals surface area (Å²) in [7, 11) is 0. The summed E-state index contributed by atoms with van der Waals surface area (Å²) in [5.41, 5.74) is 0. The molecule has 0 saturated carbocycles. The van der Waals surface area contributed by atoms with Crippen LogP contribution in [0.3, 0.4) is 0 Å². The molecule has 0 aromatic carbocycles. The molecule has 0 unspecified atom stereocenters. The Labute approximate surface area is 180 Å². The zero-order chi connectivity index (χ0) is 22.0. The first-order valence-corrected chi connectivity index (χ1v) is 12.5. The van der Waals surface area contributed by atoms with Gasteiger partial charge in [-0.15, -0.1) is 0 Å². The highest BCUT2D eigenvalue weighted by molar-refractivity contribution is 5.66. The van der Waals surface area contributed by atoms with E-state index in [0.29, 0.717) is 0 Å². The topological polar surface area (TPSA) is 74.6 Å². The van der Waals surface area contributed by atoms with Gasteiger partial charge in [0.15, 0.2) is 0 Å². The van der Waals surface area contributed by atoms with E-state index >= 15 is 0 Å². The van der Waals surface area contributed by atoms with Crippen molar-refractivity contribution < 1.29 is 19.8 Å². The second-order valence-corrected chi connectivity index (χ2v) is 8.30. The van der Waals surface area contributed by atoms with Crippen molar-refractivity contribution in [2.75, 3.05) is 0 Å². The number of carboxylic acid groups (broad SMARTS) is 2. The molecular formula is C25H50O4. The number of hydrogen-bond acceptors (Lipinski definition) is 2. The minimum absolute atomic E-state index is 0.287. The van der Waals surface area contributed by atoms with E-state index in [4.69, 9.17) is 10.2 Å². The first-order chi connectivity index (χ1) is 14.0. The highest BCUT2D eigenvalue weighted by Gasteiger charge is 1.98. The number of hydrogen-bond donors (Lipinski definition) is 2. The monoisotopic (exact) mass is 414 g/mol. The Morgan fingerprint density at radius 1 is 0.414 bits per heavy atom. The molecule has 0 aromatic rings. The first kappa shape index (κ1) is 30.1. The van der Waals surface area contributed by atoms with Gasteiger partial charge in [-0.3, -0.25) is 9.59 Å². The molecular weight excluding hydrogens is 364 g/mol. The van der Waals surface area contributed by atoms with Crippen molar-refractivity contribution in [3.63, 3.8) is 0 Å². The van der Waals surface area contributed by atoms with Crippen molar-refractivity contribution in [3.8, 4) is 0 Å². The second-order valence-electron chi connectivity index (χ2n) is 8.30. The molecule has 174 valence electrons. The van der Waals surface area contributed by atoms with Gasteiger partial charge in [-0.2, -0.15) is 0 Å². The fraction of sp³-hybridized carbons (Fsp3) is 0.920. The summed E-state index contributed by atoms with van der Waals surface area (Å²) >= 11 is 0. The van der Waals surface area contributed by atoms with Crippen LogP contribution in [-0.4, -0.2) is 22.2 Å². The molecule has 0 radical (unpaired) electrons. The van der Waals surface area contributed by atoms with Gasteiger partial charge in [0, 0.05) is 12.8 Å². The maximum absolute atomic E-state index is 10.2. The third kappa shape index (κ3) is 34.8. The smallest absolute Gasteiger partial charge is 0.303 e. The minimum Gasteiger partial charge on any atom is -0.481 e. The van der Waals surface area contributed by atoms with E-state index in [1.807, 2.05) is 0 Å². The van der Waals surface area contributed by atoms with E-state index in [1.165, 1.54) is 83.5 Å². The Hall–Kier alpha value is -1.06. The molecule has 0 amide bonds. The van der Waals surface area contributed by atoms with E-state index in [1.54, 1.807) is 0 Å². The molecule has 0 aliphatic heterocycles. The number of rotatable bonds is 21. The number of unbranched alkanes of at least 4 members (excludes halogenated alkanes) is 17. The van der Waals surface area contributed by atoms with Crippen molar-refractivity contribution in [1.29, 1.82) is 0 Å². The lowest BCUT2D eigenvalue weighted by Crippen LogP contribution is -1.94.